The van der Waals surface area contributed by atoms with Gasteiger partial charge in [-0.2, -0.15) is 0 Å². The highest BCUT2D eigenvalue weighted by Gasteiger charge is 2.22. The maximum atomic E-state index is 11.9. The molecule has 0 radical (unpaired) electrons. The van der Waals surface area contributed by atoms with Gasteiger partial charge in [0.05, 0.1) is 6.10 Å². The molecule has 0 aromatic heterocycles. The second-order valence-corrected chi connectivity index (χ2v) is 5.50. The van der Waals surface area contributed by atoms with Crippen LogP contribution in [0.25, 0.3) is 0 Å². The van der Waals surface area contributed by atoms with Crippen molar-refractivity contribution < 1.29 is 14.6 Å². The molecule has 2 heterocycles. The lowest BCUT2D eigenvalue weighted by molar-refractivity contribution is -0.131. The predicted molar refractivity (Wildman–Crippen MR) is 72.9 cm³/mol. The summed E-state index contributed by atoms with van der Waals surface area (Å²) >= 11 is 0. The number of amides is 1. The molecule has 2 fully saturated rings. The summed E-state index contributed by atoms with van der Waals surface area (Å²) in [4.78, 5) is 16.3. The van der Waals surface area contributed by atoms with E-state index in [0.29, 0.717) is 18.9 Å². The Balaban J connectivity index is 1.72. The Morgan fingerprint density at radius 1 is 1.21 bits per heavy atom. The van der Waals surface area contributed by atoms with Crippen LogP contribution in [0.5, 0.6) is 0 Å². The van der Waals surface area contributed by atoms with Crippen molar-refractivity contribution in [2.45, 2.75) is 38.2 Å². The van der Waals surface area contributed by atoms with E-state index in [1.807, 2.05) is 4.90 Å². The average molecular weight is 270 g/mol. The van der Waals surface area contributed by atoms with Gasteiger partial charge >= 0.3 is 0 Å². The number of aliphatic hydroxyl groups is 1. The van der Waals surface area contributed by atoms with Crippen molar-refractivity contribution in [3.8, 4) is 0 Å². The van der Waals surface area contributed by atoms with Crippen LogP contribution in [0.2, 0.25) is 0 Å². The predicted octanol–water partition coefficient (Wildman–Crippen LogP) is 0.472. The van der Waals surface area contributed by atoms with Crippen molar-refractivity contribution in [3.05, 3.63) is 0 Å². The number of carbonyl (C=O) groups is 1. The van der Waals surface area contributed by atoms with E-state index in [2.05, 4.69) is 4.90 Å². The van der Waals surface area contributed by atoms with Gasteiger partial charge in [-0.25, -0.2) is 0 Å². The molecule has 1 unspecified atom stereocenters. The third-order valence-electron chi connectivity index (χ3n) is 3.98. The number of ether oxygens (including phenoxy) is 1. The molecule has 5 heteroatoms. The molecule has 5 nitrogen and oxygen atoms in total. The zero-order valence-electron chi connectivity index (χ0n) is 11.7. The molecule has 1 atom stereocenters. The summed E-state index contributed by atoms with van der Waals surface area (Å²) in [5, 5.41) is 8.78. The standard InChI is InChI=1S/C14H26N2O3/c17-10-1-5-14(18)16-7-3-6-15(8-9-16)12-13-4-2-11-19-13/h13,17H,1-12H2. The largest absolute Gasteiger partial charge is 0.396 e. The summed E-state index contributed by atoms with van der Waals surface area (Å²) in [6.45, 7) is 5.70. The molecule has 2 aliphatic rings. The molecular formula is C14H26N2O3. The highest BCUT2D eigenvalue weighted by molar-refractivity contribution is 5.76. The van der Waals surface area contributed by atoms with Crippen LogP contribution >= 0.6 is 0 Å². The van der Waals surface area contributed by atoms with Gasteiger partial charge in [0, 0.05) is 45.8 Å². The quantitative estimate of drug-likeness (QED) is 0.789. The summed E-state index contributed by atoms with van der Waals surface area (Å²) in [5.74, 6) is 0.188. The van der Waals surface area contributed by atoms with Crippen molar-refractivity contribution in [1.29, 1.82) is 0 Å². The lowest BCUT2D eigenvalue weighted by atomic mass is 10.2. The van der Waals surface area contributed by atoms with E-state index in [-0.39, 0.29) is 12.5 Å². The monoisotopic (exact) mass is 270 g/mol. The lowest BCUT2D eigenvalue weighted by Gasteiger charge is -2.24. The van der Waals surface area contributed by atoms with Gasteiger partial charge in [0.15, 0.2) is 0 Å². The fraction of sp³-hybridized carbons (Fsp3) is 0.929. The van der Waals surface area contributed by atoms with Crippen LogP contribution < -0.4 is 0 Å². The Bertz CT molecular complexity index is 280. The Labute approximate surface area is 115 Å². The van der Waals surface area contributed by atoms with Crippen LogP contribution in [0, 0.1) is 0 Å². The maximum Gasteiger partial charge on any atom is 0.222 e. The second kappa shape index (κ2) is 7.82. The Morgan fingerprint density at radius 3 is 2.84 bits per heavy atom. The first kappa shape index (κ1) is 14.8. The number of aliphatic hydroxyl groups excluding tert-OH is 1. The minimum atomic E-state index is 0.102. The number of hydrogen-bond donors (Lipinski definition) is 1. The second-order valence-electron chi connectivity index (χ2n) is 5.50. The molecule has 2 rings (SSSR count). The van der Waals surface area contributed by atoms with Gasteiger partial charge in [0.1, 0.15) is 0 Å². The van der Waals surface area contributed by atoms with E-state index in [1.165, 1.54) is 12.8 Å². The molecule has 1 amide bonds. The molecule has 0 bridgehead atoms. The highest BCUT2D eigenvalue weighted by atomic mass is 16.5. The fourth-order valence-electron chi connectivity index (χ4n) is 2.87. The molecule has 0 aliphatic carbocycles. The van der Waals surface area contributed by atoms with E-state index in [0.717, 1.165) is 45.8 Å². The summed E-state index contributed by atoms with van der Waals surface area (Å²) in [6.07, 6.45) is 4.85. The Hall–Kier alpha value is -0.650. The Morgan fingerprint density at radius 2 is 2.11 bits per heavy atom. The molecule has 2 aliphatic heterocycles. The molecule has 0 aromatic carbocycles. The minimum Gasteiger partial charge on any atom is -0.396 e. The van der Waals surface area contributed by atoms with Gasteiger partial charge < -0.3 is 14.7 Å². The van der Waals surface area contributed by atoms with Gasteiger partial charge in [-0.05, 0) is 32.2 Å². The summed E-state index contributed by atoms with van der Waals surface area (Å²) in [5.41, 5.74) is 0. The Kier molecular flexibility index (Phi) is 6.07. The van der Waals surface area contributed by atoms with Crippen LogP contribution in [-0.2, 0) is 9.53 Å². The van der Waals surface area contributed by atoms with Crippen LogP contribution in [0.4, 0.5) is 0 Å². The van der Waals surface area contributed by atoms with E-state index in [1.54, 1.807) is 0 Å². The molecule has 2 saturated heterocycles. The number of rotatable bonds is 5. The smallest absolute Gasteiger partial charge is 0.222 e. The van der Waals surface area contributed by atoms with Gasteiger partial charge in [-0.3, -0.25) is 9.69 Å². The van der Waals surface area contributed by atoms with E-state index in [4.69, 9.17) is 9.84 Å². The van der Waals surface area contributed by atoms with Crippen LogP contribution in [0.15, 0.2) is 0 Å². The van der Waals surface area contributed by atoms with Crippen molar-refractivity contribution >= 4 is 5.91 Å². The number of carbonyl (C=O) groups excluding carboxylic acids is 1. The third kappa shape index (κ3) is 4.75. The van der Waals surface area contributed by atoms with Crippen molar-refractivity contribution in [2.75, 3.05) is 45.9 Å². The summed E-state index contributed by atoms with van der Waals surface area (Å²) in [7, 11) is 0. The van der Waals surface area contributed by atoms with Crippen molar-refractivity contribution in [2.24, 2.45) is 0 Å². The zero-order chi connectivity index (χ0) is 13.5. The molecule has 0 aromatic rings. The van der Waals surface area contributed by atoms with Gasteiger partial charge in [0.2, 0.25) is 5.91 Å². The van der Waals surface area contributed by atoms with E-state index >= 15 is 0 Å². The van der Waals surface area contributed by atoms with E-state index in [9.17, 15) is 4.79 Å². The normalized spacial score (nSPS) is 25.5. The first-order valence-corrected chi connectivity index (χ1v) is 7.52. The topological polar surface area (TPSA) is 53.0 Å². The van der Waals surface area contributed by atoms with Gasteiger partial charge in [0.25, 0.3) is 0 Å². The summed E-state index contributed by atoms with van der Waals surface area (Å²) < 4.78 is 5.67. The molecule has 1 N–H and O–H groups in total. The first-order chi connectivity index (χ1) is 9.29. The minimum absolute atomic E-state index is 0.102. The number of nitrogens with zero attached hydrogens (tertiary/aromatic N) is 2. The maximum absolute atomic E-state index is 11.9. The zero-order valence-corrected chi connectivity index (χ0v) is 11.7. The van der Waals surface area contributed by atoms with Crippen LogP contribution in [-0.4, -0.2) is 72.9 Å². The van der Waals surface area contributed by atoms with Gasteiger partial charge in [-0.15, -0.1) is 0 Å². The lowest BCUT2D eigenvalue weighted by Crippen LogP contribution is -2.37. The summed E-state index contributed by atoms with van der Waals surface area (Å²) in [6, 6.07) is 0. The molecule has 0 saturated carbocycles. The van der Waals surface area contributed by atoms with Gasteiger partial charge in [-0.1, -0.05) is 0 Å². The molecular weight excluding hydrogens is 244 g/mol. The van der Waals surface area contributed by atoms with Crippen LogP contribution in [0.3, 0.4) is 0 Å². The fourth-order valence-corrected chi connectivity index (χ4v) is 2.87. The molecule has 19 heavy (non-hydrogen) atoms. The average Bonchev–Trinajstić information content (AvgIpc) is 2.81. The highest BCUT2D eigenvalue weighted by Crippen LogP contribution is 2.14. The SMILES string of the molecule is O=C(CCCO)N1CCCN(CC2CCCO2)CC1. The van der Waals surface area contributed by atoms with Crippen LogP contribution in [0.1, 0.15) is 32.1 Å². The molecule has 110 valence electrons. The van der Waals surface area contributed by atoms with E-state index < -0.39 is 0 Å². The number of hydrogen-bond acceptors (Lipinski definition) is 4. The van der Waals surface area contributed by atoms with Crippen molar-refractivity contribution in [1.82, 2.24) is 9.80 Å². The first-order valence-electron chi connectivity index (χ1n) is 7.52. The third-order valence-corrected chi connectivity index (χ3v) is 3.98. The molecule has 0 spiro atoms. The van der Waals surface area contributed by atoms with Crippen molar-refractivity contribution in [3.63, 3.8) is 0 Å².